The fraction of sp³-hybridized carbons (Fsp3) is 0.310. The van der Waals surface area contributed by atoms with Gasteiger partial charge in [0.15, 0.2) is 0 Å². The molecule has 5 aromatic rings. The Morgan fingerprint density at radius 1 is 0.414 bits per heavy atom. The van der Waals surface area contributed by atoms with E-state index in [-0.39, 0.29) is 27.1 Å². The number of aliphatic imine (C=N–C) groups is 2. The molecule has 1 atom stereocenters. The summed E-state index contributed by atoms with van der Waals surface area (Å²) in [5, 5.41) is 2.02. The van der Waals surface area contributed by atoms with E-state index in [0.717, 1.165) is 67.6 Å². The van der Waals surface area contributed by atoms with Gasteiger partial charge in [0.2, 0.25) is 23.1 Å². The van der Waals surface area contributed by atoms with E-state index < -0.39 is 28.5 Å². The first-order valence-corrected chi connectivity index (χ1v) is 23.4. The van der Waals surface area contributed by atoms with Crippen LogP contribution in [0.3, 0.4) is 0 Å². The Morgan fingerprint density at radius 3 is 1.10 bits per heavy atom. The van der Waals surface area contributed by atoms with Crippen molar-refractivity contribution in [1.29, 1.82) is 0 Å². The molecule has 8 N–H and O–H groups in total. The average Bonchev–Trinajstić information content (AvgIpc) is 3.81. The van der Waals surface area contributed by atoms with Gasteiger partial charge in [-0.05, 0) is 176 Å². The van der Waals surface area contributed by atoms with Gasteiger partial charge in [0.1, 0.15) is 0 Å². The number of carbonyl (C=O) groups is 4. The van der Waals surface area contributed by atoms with Crippen molar-refractivity contribution in [3.8, 4) is 0 Å². The number of nitrogens with zero attached hydrogens (tertiary/aromatic N) is 4. The number of nitrogen functional groups attached to an aromatic ring is 4. The van der Waals surface area contributed by atoms with E-state index in [0.29, 0.717) is 47.0 Å². The molecular weight excluding hydrogens is 873 g/mol. The summed E-state index contributed by atoms with van der Waals surface area (Å²) < 4.78 is 0. The van der Waals surface area contributed by atoms with Gasteiger partial charge in [-0.15, -0.1) is 0 Å². The number of ketones is 4. The lowest BCUT2D eigenvalue weighted by atomic mass is 9.72. The summed E-state index contributed by atoms with van der Waals surface area (Å²) in [6, 6.07) is 16.0. The summed E-state index contributed by atoms with van der Waals surface area (Å²) in [4.78, 5) is 66.3. The maximum Gasteiger partial charge on any atom is 0.226 e. The molecule has 1 heterocycles. The summed E-state index contributed by atoms with van der Waals surface area (Å²) in [6.45, 7) is 33.6. The Morgan fingerprint density at radius 2 is 0.714 bits per heavy atom. The van der Waals surface area contributed by atoms with Gasteiger partial charge in [0, 0.05) is 10.8 Å². The number of benzene rings is 4. The fourth-order valence-electron chi connectivity index (χ4n) is 12.9. The smallest absolute Gasteiger partial charge is 0.226 e. The number of hydrogen-bond acceptors (Lipinski definition) is 12. The summed E-state index contributed by atoms with van der Waals surface area (Å²) in [6.07, 6.45) is 9.40. The second-order valence-electron chi connectivity index (χ2n) is 22.6. The molecule has 11 rings (SSSR count). The molecular formula is C58H60N8O4. The molecule has 12 nitrogen and oxygen atoms in total. The lowest BCUT2D eigenvalue weighted by molar-refractivity contribution is -0.131. The number of hydrogen-bond donors (Lipinski definition) is 4. The number of rotatable bonds is 2. The first kappa shape index (κ1) is 47.5. The summed E-state index contributed by atoms with van der Waals surface area (Å²) in [5.74, 6) is -1.99. The standard InChI is InChI=1S/C31H30N4.C21H20O4.C6H10N4/c1-17-9-19-21(10-18(17)2)31(15-29(19,3)4)16-30(5,6)20-11-25-26(12-22(20)31)35-28-14-24(33-8)23(32-7)13-27(28)34-25;1-19(2)9-21(13-7-17(24)15(22)5-11(13)19)10-20(3,4)12-6-16(23)18(25)8-14(12)21;7-3-1-4(8)6(10)2-5(3)9/h9-14H,1-2,7-8,15-16H2,3-6H3;5-8H,9-10H2,1-4H3;1-2H,7-10H2. The van der Waals surface area contributed by atoms with Gasteiger partial charge in [-0.25, -0.2) is 9.97 Å². The monoisotopic (exact) mass is 932 g/mol. The molecule has 2 spiro atoms. The molecule has 6 aliphatic rings. The predicted molar refractivity (Wildman–Crippen MR) is 284 cm³/mol. The minimum absolute atomic E-state index is 0.00672. The number of anilines is 4. The van der Waals surface area contributed by atoms with Gasteiger partial charge in [-0.1, -0.05) is 80.7 Å². The molecule has 6 aliphatic carbocycles. The van der Waals surface area contributed by atoms with Crippen LogP contribution in [-0.4, -0.2) is 46.5 Å². The average molecular weight is 933 g/mol. The molecule has 0 aliphatic heterocycles. The first-order valence-electron chi connectivity index (χ1n) is 23.4. The molecule has 1 aromatic heterocycles. The van der Waals surface area contributed by atoms with Crippen LogP contribution in [0.25, 0.3) is 35.2 Å². The third-order valence-corrected chi connectivity index (χ3v) is 15.8. The number of carbonyl (C=O) groups excluding carboxylic acids is 4. The van der Waals surface area contributed by atoms with Crippen LogP contribution in [0, 0.1) is 16.2 Å². The van der Waals surface area contributed by atoms with E-state index in [2.05, 4.69) is 116 Å². The highest BCUT2D eigenvalue weighted by Crippen LogP contribution is 2.71. The van der Waals surface area contributed by atoms with Crippen molar-refractivity contribution >= 4 is 106 Å². The van der Waals surface area contributed by atoms with Crippen molar-refractivity contribution in [2.45, 2.75) is 97.3 Å². The van der Waals surface area contributed by atoms with E-state index in [9.17, 15) is 19.2 Å². The van der Waals surface area contributed by atoms with Gasteiger partial charge in [0.25, 0.3) is 0 Å². The lowest BCUT2D eigenvalue weighted by Gasteiger charge is -2.30. The van der Waals surface area contributed by atoms with Crippen LogP contribution in [-0.2, 0) is 35.4 Å². The minimum atomic E-state index is -0.509. The Hall–Kier alpha value is -7.60. The van der Waals surface area contributed by atoms with Crippen molar-refractivity contribution in [2.75, 3.05) is 22.9 Å². The first-order chi connectivity index (χ1) is 32.6. The third kappa shape index (κ3) is 7.17. The van der Waals surface area contributed by atoms with E-state index in [1.807, 2.05) is 12.1 Å². The van der Waals surface area contributed by atoms with Crippen LogP contribution in [0.4, 0.5) is 34.1 Å². The zero-order valence-corrected chi connectivity index (χ0v) is 41.3. The zero-order valence-electron chi connectivity index (χ0n) is 41.3. The molecule has 0 saturated heterocycles. The largest absolute Gasteiger partial charge is 0.397 e. The van der Waals surface area contributed by atoms with Gasteiger partial charge < -0.3 is 22.9 Å². The molecule has 356 valence electrons. The number of fused-ring (bicyclic) bond motifs is 10. The highest BCUT2D eigenvalue weighted by molar-refractivity contribution is 6.48. The van der Waals surface area contributed by atoms with Crippen LogP contribution in [0.15, 0.2) is 105 Å². The van der Waals surface area contributed by atoms with Crippen LogP contribution in [0.5, 0.6) is 0 Å². The molecule has 12 heteroatoms. The van der Waals surface area contributed by atoms with Crippen molar-refractivity contribution in [2.24, 2.45) is 26.2 Å². The summed E-state index contributed by atoms with van der Waals surface area (Å²) in [5.41, 5.74) is 36.2. The minimum Gasteiger partial charge on any atom is -0.397 e. The molecule has 0 bridgehead atoms. The van der Waals surface area contributed by atoms with E-state index >= 15 is 0 Å². The van der Waals surface area contributed by atoms with Crippen molar-refractivity contribution in [3.05, 3.63) is 128 Å². The molecule has 0 amide bonds. The molecule has 1 unspecified atom stereocenters. The molecule has 70 heavy (non-hydrogen) atoms. The fourth-order valence-corrected chi connectivity index (χ4v) is 12.9. The molecule has 4 aromatic carbocycles. The van der Waals surface area contributed by atoms with Crippen LogP contribution < -0.4 is 33.4 Å². The Labute approximate surface area is 407 Å². The topological polar surface area (TPSA) is 223 Å². The quantitative estimate of drug-likeness (QED) is 0.0433. The maximum atomic E-state index is 12.1. The van der Waals surface area contributed by atoms with Gasteiger partial charge in [-0.2, -0.15) is 0 Å². The van der Waals surface area contributed by atoms with Crippen LogP contribution >= 0.6 is 0 Å². The predicted octanol–water partition coefficient (Wildman–Crippen LogP) is 8.77. The van der Waals surface area contributed by atoms with Crippen molar-refractivity contribution in [1.82, 2.24) is 9.97 Å². The molecule has 2 saturated carbocycles. The molecule has 0 radical (unpaired) electrons. The van der Waals surface area contributed by atoms with Gasteiger partial charge in [-0.3, -0.25) is 29.2 Å². The van der Waals surface area contributed by atoms with E-state index in [1.54, 1.807) is 12.1 Å². The summed E-state index contributed by atoms with van der Waals surface area (Å²) in [7, 11) is 0. The van der Waals surface area contributed by atoms with Gasteiger partial charge >= 0.3 is 0 Å². The van der Waals surface area contributed by atoms with Crippen molar-refractivity contribution in [3.63, 3.8) is 0 Å². The third-order valence-electron chi connectivity index (χ3n) is 15.8. The van der Waals surface area contributed by atoms with Crippen molar-refractivity contribution < 1.29 is 19.2 Å². The number of aromatic nitrogens is 2. The highest BCUT2D eigenvalue weighted by Gasteiger charge is 2.61. The SMILES string of the molecule is C=Nc1cc2nc3cc4c(cc3nc2cc1N=C)C1(CC(C)(C)c2cc(=C)c(=C)cc21)CC4(C)C.CC1(C)CC2(CC(C)(C)C3=CC(=O)C(=O)C=C32)C2=CC(=O)C(=O)C=C21.Nc1cc(N)c(N)cc1N. The lowest BCUT2D eigenvalue weighted by Crippen LogP contribution is -2.29. The number of nitrogens with two attached hydrogens (primary N) is 4. The molecule has 2 fully saturated rings. The summed E-state index contributed by atoms with van der Waals surface area (Å²) >= 11 is 0. The van der Waals surface area contributed by atoms with E-state index in [1.165, 1.54) is 46.6 Å². The van der Waals surface area contributed by atoms with Crippen LogP contribution in [0.1, 0.15) is 103 Å². The second kappa shape index (κ2) is 15.5. The maximum absolute atomic E-state index is 12.1. The van der Waals surface area contributed by atoms with Crippen LogP contribution in [0.2, 0.25) is 0 Å². The number of allylic oxidation sites excluding steroid dienone is 8. The Kier molecular flexibility index (Phi) is 10.5. The normalized spacial score (nSPS) is 22.2. The van der Waals surface area contributed by atoms with Gasteiger partial charge in [0.05, 0.1) is 56.2 Å². The Bertz CT molecular complexity index is 3420. The van der Waals surface area contributed by atoms with E-state index in [4.69, 9.17) is 32.9 Å². The Balaban J connectivity index is 0.000000151. The second-order valence-corrected chi connectivity index (χ2v) is 22.6. The highest BCUT2D eigenvalue weighted by atomic mass is 16.2. The zero-order chi connectivity index (χ0) is 51.0.